The Morgan fingerprint density at radius 3 is 2.30 bits per heavy atom. The highest BCUT2D eigenvalue weighted by atomic mass is 16.7. The zero-order chi connectivity index (χ0) is 24.3. The molecule has 176 valence electrons. The number of carbonyl (C=O) groups is 3. The topological polar surface area (TPSA) is 161 Å². The fourth-order valence-corrected chi connectivity index (χ4v) is 3.46. The van der Waals surface area contributed by atoms with Gasteiger partial charge in [-0.1, -0.05) is 18.2 Å². The number of rotatable bonds is 7. The number of hydrogen-bond donors (Lipinski definition) is 1. The molecule has 0 spiro atoms. The number of phenolic OH excluding ortho intramolecular Hbond substituents is 1. The number of nitro groups is 1. The van der Waals surface area contributed by atoms with Gasteiger partial charge in [-0.3, -0.25) is 24.5 Å². The van der Waals surface area contributed by atoms with E-state index in [0.29, 0.717) is 5.39 Å². The van der Waals surface area contributed by atoms with Gasteiger partial charge in [-0.25, -0.2) is 0 Å². The van der Waals surface area contributed by atoms with Crippen molar-refractivity contribution in [2.45, 2.75) is 45.4 Å². The summed E-state index contributed by atoms with van der Waals surface area (Å²) in [7, 11) is 0. The molecule has 1 heterocycles. The average molecular weight is 463 g/mol. The van der Waals surface area contributed by atoms with Crippen LogP contribution in [0.4, 0.5) is 5.69 Å². The van der Waals surface area contributed by atoms with Crippen molar-refractivity contribution < 1.29 is 48.1 Å². The fraction of sp³-hybridized carbons (Fsp3) is 0.381. The lowest BCUT2D eigenvalue weighted by molar-refractivity contribution is -0.384. The van der Waals surface area contributed by atoms with Crippen LogP contribution in [0.3, 0.4) is 0 Å². The highest BCUT2D eigenvalue weighted by Crippen LogP contribution is 2.43. The van der Waals surface area contributed by atoms with E-state index in [2.05, 4.69) is 0 Å². The molecule has 0 aromatic heterocycles. The van der Waals surface area contributed by atoms with Crippen LogP contribution in [-0.2, 0) is 33.3 Å². The van der Waals surface area contributed by atoms with E-state index in [4.69, 9.17) is 23.7 Å². The third kappa shape index (κ3) is 5.29. The lowest BCUT2D eigenvalue weighted by atomic mass is 10.1. The van der Waals surface area contributed by atoms with Crippen LogP contribution in [0.1, 0.15) is 20.8 Å². The Morgan fingerprint density at radius 1 is 1.06 bits per heavy atom. The number of hydrogen-bond acceptors (Lipinski definition) is 11. The average Bonchev–Trinajstić information content (AvgIpc) is 3.01. The minimum absolute atomic E-state index is 0.182. The third-order valence-electron chi connectivity index (χ3n) is 4.71. The van der Waals surface area contributed by atoms with Crippen LogP contribution in [-0.4, -0.2) is 59.1 Å². The Hall–Kier alpha value is -3.93. The Balaban J connectivity index is 2.01. The number of phenols is 1. The molecule has 4 atom stereocenters. The van der Waals surface area contributed by atoms with Gasteiger partial charge in [-0.05, 0) is 17.5 Å². The first-order valence-corrected chi connectivity index (χ1v) is 9.77. The van der Waals surface area contributed by atoms with Crippen LogP contribution < -0.4 is 4.74 Å². The van der Waals surface area contributed by atoms with E-state index in [9.17, 15) is 29.6 Å². The molecule has 2 aromatic rings. The summed E-state index contributed by atoms with van der Waals surface area (Å²) in [4.78, 5) is 45.4. The van der Waals surface area contributed by atoms with E-state index in [0.717, 1.165) is 13.8 Å². The summed E-state index contributed by atoms with van der Waals surface area (Å²) in [5, 5.41) is 22.7. The number of benzene rings is 2. The number of carbonyl (C=O) groups excluding carboxylic acids is 3. The molecule has 12 heteroatoms. The van der Waals surface area contributed by atoms with Crippen molar-refractivity contribution in [1.29, 1.82) is 0 Å². The molecule has 0 amide bonds. The molecule has 0 bridgehead atoms. The van der Waals surface area contributed by atoms with Crippen molar-refractivity contribution in [3.63, 3.8) is 0 Å². The van der Waals surface area contributed by atoms with Crippen molar-refractivity contribution in [3.8, 4) is 11.5 Å². The molecule has 1 unspecified atom stereocenters. The highest BCUT2D eigenvalue weighted by Gasteiger charge is 2.51. The number of fused-ring (bicyclic) bond motifs is 1. The second kappa shape index (κ2) is 9.69. The Kier molecular flexibility index (Phi) is 6.97. The zero-order valence-electron chi connectivity index (χ0n) is 17.9. The maximum Gasteiger partial charge on any atom is 0.322 e. The molecule has 1 fully saturated rings. The van der Waals surface area contributed by atoms with E-state index in [-0.39, 0.29) is 17.7 Å². The first-order valence-electron chi connectivity index (χ1n) is 9.77. The summed E-state index contributed by atoms with van der Waals surface area (Å²) in [5.41, 5.74) is -0.585. The van der Waals surface area contributed by atoms with Crippen LogP contribution in [0.15, 0.2) is 30.3 Å². The number of nitro benzene ring substituents is 1. The largest absolute Gasteiger partial charge is 0.499 e. The SMILES string of the molecule is CC(=O)OC[C@H]1O[C@@H](Oc2cc3ccccc3c([N+](=O)[O-])c2O)[C@@H](OC(C)=O)C1OC(C)=O. The number of esters is 3. The quantitative estimate of drug-likeness (QED) is 0.277. The second-order valence-electron chi connectivity index (χ2n) is 7.16. The van der Waals surface area contributed by atoms with Crippen LogP contribution in [0.2, 0.25) is 0 Å². The van der Waals surface area contributed by atoms with E-state index in [1.54, 1.807) is 18.2 Å². The van der Waals surface area contributed by atoms with Crippen LogP contribution in [0.25, 0.3) is 10.8 Å². The standard InChI is InChI=1S/C21H21NO11/c1-10(23)29-9-16-19(30-11(2)24)20(31-12(3)25)21(33-16)32-15-8-13-6-4-5-7-14(13)17(18(15)26)22(27)28/h4-8,16,19-21,26H,9H2,1-3H3/t16-,19?,20+,21-/m1/s1. The molecule has 0 aliphatic carbocycles. The van der Waals surface area contributed by atoms with Crippen molar-refractivity contribution in [2.75, 3.05) is 6.61 Å². The molecule has 3 rings (SSSR count). The number of nitrogens with zero attached hydrogens (tertiary/aromatic N) is 1. The smallest absolute Gasteiger partial charge is 0.322 e. The lowest BCUT2D eigenvalue weighted by Crippen LogP contribution is -2.42. The van der Waals surface area contributed by atoms with Gasteiger partial charge in [0.05, 0.1) is 10.3 Å². The molecule has 33 heavy (non-hydrogen) atoms. The Labute approximate surface area is 187 Å². The van der Waals surface area contributed by atoms with Gasteiger partial charge >= 0.3 is 23.6 Å². The van der Waals surface area contributed by atoms with Crippen LogP contribution in [0, 0.1) is 10.1 Å². The van der Waals surface area contributed by atoms with E-state index in [1.165, 1.54) is 19.1 Å². The van der Waals surface area contributed by atoms with Crippen molar-refractivity contribution in [3.05, 3.63) is 40.4 Å². The molecule has 12 nitrogen and oxygen atoms in total. The molecule has 1 aliphatic rings. The molecule has 1 aliphatic heterocycles. The molecule has 0 saturated carbocycles. The van der Waals surface area contributed by atoms with Gasteiger partial charge in [0.2, 0.25) is 18.1 Å². The number of aromatic hydroxyl groups is 1. The summed E-state index contributed by atoms with van der Waals surface area (Å²) >= 11 is 0. The molecular formula is C21H21NO11. The summed E-state index contributed by atoms with van der Waals surface area (Å²) in [6.45, 7) is 3.05. The second-order valence-corrected chi connectivity index (χ2v) is 7.16. The predicted octanol–water partition coefficient (Wildman–Crippen LogP) is 1.98. The van der Waals surface area contributed by atoms with Crippen LogP contribution in [0.5, 0.6) is 11.5 Å². The summed E-state index contributed by atoms with van der Waals surface area (Å²) in [5.74, 6) is -3.19. The monoisotopic (exact) mass is 463 g/mol. The maximum absolute atomic E-state index is 11.7. The minimum atomic E-state index is -1.45. The highest BCUT2D eigenvalue weighted by molar-refractivity contribution is 5.95. The van der Waals surface area contributed by atoms with E-state index in [1.807, 2.05) is 0 Å². The summed E-state index contributed by atoms with van der Waals surface area (Å²) in [6, 6.07) is 7.63. The lowest BCUT2D eigenvalue weighted by Gasteiger charge is -2.23. The molecule has 0 radical (unpaired) electrons. The molecule has 1 N–H and O–H groups in total. The van der Waals surface area contributed by atoms with Gasteiger partial charge in [-0.2, -0.15) is 0 Å². The number of ether oxygens (including phenoxy) is 5. The van der Waals surface area contributed by atoms with Gasteiger partial charge in [0.25, 0.3) is 0 Å². The van der Waals surface area contributed by atoms with Crippen LogP contribution >= 0.6 is 0 Å². The predicted molar refractivity (Wildman–Crippen MR) is 109 cm³/mol. The molecule has 2 aromatic carbocycles. The van der Waals surface area contributed by atoms with Gasteiger partial charge in [0, 0.05) is 20.8 Å². The van der Waals surface area contributed by atoms with Gasteiger partial charge in [-0.15, -0.1) is 0 Å². The first-order chi connectivity index (χ1) is 15.6. The van der Waals surface area contributed by atoms with Gasteiger partial charge in [0.1, 0.15) is 12.7 Å². The van der Waals surface area contributed by atoms with Gasteiger partial charge < -0.3 is 28.8 Å². The third-order valence-corrected chi connectivity index (χ3v) is 4.71. The Bertz CT molecular complexity index is 1100. The fourth-order valence-electron chi connectivity index (χ4n) is 3.46. The summed E-state index contributed by atoms with van der Waals surface area (Å²) in [6.07, 6.45) is -5.07. The van der Waals surface area contributed by atoms with Crippen molar-refractivity contribution in [1.82, 2.24) is 0 Å². The minimum Gasteiger partial charge on any atom is -0.499 e. The van der Waals surface area contributed by atoms with Crippen molar-refractivity contribution >= 4 is 34.4 Å². The summed E-state index contributed by atoms with van der Waals surface area (Å²) < 4.78 is 26.7. The van der Waals surface area contributed by atoms with E-state index < -0.39 is 58.9 Å². The molecular weight excluding hydrogens is 442 g/mol. The van der Waals surface area contributed by atoms with Gasteiger partial charge in [0.15, 0.2) is 11.9 Å². The van der Waals surface area contributed by atoms with E-state index >= 15 is 0 Å². The van der Waals surface area contributed by atoms with Crippen molar-refractivity contribution in [2.24, 2.45) is 0 Å². The molecule has 1 saturated heterocycles. The zero-order valence-corrected chi connectivity index (χ0v) is 17.9. The normalized spacial score (nSPS) is 21.9. The first kappa shape index (κ1) is 23.7. The maximum atomic E-state index is 11.7. The Morgan fingerprint density at radius 2 is 1.70 bits per heavy atom.